The van der Waals surface area contributed by atoms with Gasteiger partial charge in [-0.15, -0.1) is 0 Å². The van der Waals surface area contributed by atoms with Crippen molar-refractivity contribution >= 4 is 0 Å². The predicted octanol–water partition coefficient (Wildman–Crippen LogP) is 2.90. The third kappa shape index (κ3) is 5.72. The summed E-state index contributed by atoms with van der Waals surface area (Å²) in [6, 6.07) is 0.531. The van der Waals surface area contributed by atoms with E-state index in [0.717, 1.165) is 32.0 Å². The second kappa shape index (κ2) is 8.92. The fourth-order valence-corrected chi connectivity index (χ4v) is 3.82. The molecule has 0 bridgehead atoms. The van der Waals surface area contributed by atoms with E-state index in [-0.39, 0.29) is 0 Å². The van der Waals surface area contributed by atoms with Gasteiger partial charge in [0.2, 0.25) is 0 Å². The number of nitrogens with zero attached hydrogens (tertiary/aromatic N) is 2. The molecule has 1 saturated carbocycles. The van der Waals surface area contributed by atoms with Crippen LogP contribution in [0.15, 0.2) is 11.6 Å². The molecule has 0 amide bonds. The Balaban J connectivity index is 1.83. The second-order valence-electron chi connectivity index (χ2n) is 7.21. The van der Waals surface area contributed by atoms with Crippen molar-refractivity contribution in [2.45, 2.75) is 58.4 Å². The highest BCUT2D eigenvalue weighted by Crippen LogP contribution is 2.25. The molecule has 1 saturated heterocycles. The highest BCUT2D eigenvalue weighted by molar-refractivity contribution is 4.97. The minimum absolute atomic E-state index is 0.313. The van der Waals surface area contributed by atoms with E-state index in [1.165, 1.54) is 50.8 Å². The lowest BCUT2D eigenvalue weighted by molar-refractivity contribution is 0.0550. The van der Waals surface area contributed by atoms with E-state index in [0.29, 0.717) is 12.6 Å². The lowest BCUT2D eigenvalue weighted by atomic mass is 9.88. The molecule has 1 heterocycles. The summed E-state index contributed by atoms with van der Waals surface area (Å²) in [7, 11) is 0. The molecule has 2 fully saturated rings. The molecule has 1 N–H and O–H groups in total. The van der Waals surface area contributed by atoms with Crippen LogP contribution in [0.4, 0.5) is 0 Å². The van der Waals surface area contributed by atoms with Gasteiger partial charge >= 0.3 is 0 Å². The van der Waals surface area contributed by atoms with Crippen LogP contribution >= 0.6 is 0 Å². The van der Waals surface area contributed by atoms with Gasteiger partial charge in [0.1, 0.15) is 0 Å². The van der Waals surface area contributed by atoms with Crippen LogP contribution in [0, 0.1) is 5.92 Å². The Labute approximate surface area is 131 Å². The van der Waals surface area contributed by atoms with Crippen molar-refractivity contribution in [2.24, 2.45) is 5.92 Å². The number of hydrogen-bond donors (Lipinski definition) is 1. The van der Waals surface area contributed by atoms with Gasteiger partial charge in [-0.25, -0.2) is 0 Å². The molecule has 0 aromatic rings. The molecule has 0 unspecified atom stereocenters. The van der Waals surface area contributed by atoms with Crippen molar-refractivity contribution in [3.8, 4) is 0 Å². The maximum atomic E-state index is 9.36. The first-order valence-electron chi connectivity index (χ1n) is 8.89. The molecule has 21 heavy (non-hydrogen) atoms. The molecule has 0 radical (unpaired) electrons. The molecule has 1 aliphatic carbocycles. The van der Waals surface area contributed by atoms with Crippen LogP contribution in [0.3, 0.4) is 0 Å². The van der Waals surface area contributed by atoms with Gasteiger partial charge in [0, 0.05) is 45.4 Å². The lowest BCUT2D eigenvalue weighted by Crippen LogP contribution is -2.54. The van der Waals surface area contributed by atoms with Gasteiger partial charge in [-0.3, -0.25) is 4.90 Å². The summed E-state index contributed by atoms with van der Waals surface area (Å²) in [6.45, 7) is 10.5. The van der Waals surface area contributed by atoms with Crippen molar-refractivity contribution in [3.05, 3.63) is 11.6 Å². The lowest BCUT2D eigenvalue weighted by Gasteiger charge is -2.42. The molecule has 0 aromatic heterocycles. The fourth-order valence-electron chi connectivity index (χ4n) is 3.82. The van der Waals surface area contributed by atoms with Crippen molar-refractivity contribution in [1.82, 2.24) is 9.80 Å². The summed E-state index contributed by atoms with van der Waals surface area (Å²) >= 11 is 0. The number of piperazine rings is 1. The number of allylic oxidation sites excluding steroid dienone is 1. The summed E-state index contributed by atoms with van der Waals surface area (Å²) in [5.41, 5.74) is 1.39. The van der Waals surface area contributed by atoms with E-state index < -0.39 is 0 Å². The van der Waals surface area contributed by atoms with Crippen LogP contribution in [-0.2, 0) is 0 Å². The zero-order chi connectivity index (χ0) is 15.1. The Morgan fingerprint density at radius 2 is 1.90 bits per heavy atom. The second-order valence-corrected chi connectivity index (χ2v) is 7.21. The van der Waals surface area contributed by atoms with Gasteiger partial charge in [-0.2, -0.15) is 0 Å². The Morgan fingerprint density at radius 1 is 1.14 bits per heavy atom. The molecular weight excluding hydrogens is 260 g/mol. The number of hydrogen-bond acceptors (Lipinski definition) is 3. The zero-order valence-corrected chi connectivity index (χ0v) is 14.1. The normalized spacial score (nSPS) is 26.0. The number of aliphatic hydroxyl groups excluding tert-OH is 1. The third-order valence-electron chi connectivity index (χ3n) is 5.13. The average molecular weight is 294 g/mol. The molecule has 0 aromatic carbocycles. The summed E-state index contributed by atoms with van der Waals surface area (Å²) in [6.07, 6.45) is 10.4. The van der Waals surface area contributed by atoms with Crippen LogP contribution in [0.1, 0.15) is 52.4 Å². The van der Waals surface area contributed by atoms with Crippen LogP contribution in [0.5, 0.6) is 0 Å². The van der Waals surface area contributed by atoms with Crippen molar-refractivity contribution in [1.29, 1.82) is 0 Å². The third-order valence-corrected chi connectivity index (χ3v) is 5.13. The van der Waals surface area contributed by atoms with Gasteiger partial charge in [-0.1, -0.05) is 30.9 Å². The van der Waals surface area contributed by atoms with E-state index in [4.69, 9.17) is 0 Å². The Kier molecular flexibility index (Phi) is 7.21. The standard InChI is InChI=1S/C18H34N2O/c1-16(2)8-10-20-12-11-19(15-18(20)9-13-21)14-17-6-4-3-5-7-17/h8,17-18,21H,3-7,9-15H2,1-2H3/t18-/m1/s1. The SMILES string of the molecule is CC(C)=CCN1CCN(CC2CCCCC2)C[C@H]1CCO. The fraction of sp³-hybridized carbons (Fsp3) is 0.889. The van der Waals surface area contributed by atoms with Crippen LogP contribution in [0.2, 0.25) is 0 Å². The smallest absolute Gasteiger partial charge is 0.0446 e. The molecule has 0 spiro atoms. The van der Waals surface area contributed by atoms with Gasteiger partial charge in [-0.05, 0) is 39.0 Å². The monoisotopic (exact) mass is 294 g/mol. The van der Waals surface area contributed by atoms with Crippen molar-refractivity contribution in [2.75, 3.05) is 39.3 Å². The largest absolute Gasteiger partial charge is 0.396 e. The minimum atomic E-state index is 0.313. The first-order valence-corrected chi connectivity index (χ1v) is 8.89. The molecule has 1 atom stereocenters. The van der Waals surface area contributed by atoms with E-state index in [2.05, 4.69) is 29.7 Å². The summed E-state index contributed by atoms with van der Waals surface area (Å²) in [4.78, 5) is 5.22. The van der Waals surface area contributed by atoms with E-state index in [9.17, 15) is 5.11 Å². The van der Waals surface area contributed by atoms with Gasteiger partial charge in [0.25, 0.3) is 0 Å². The highest BCUT2D eigenvalue weighted by Gasteiger charge is 2.27. The van der Waals surface area contributed by atoms with Crippen molar-refractivity contribution < 1.29 is 5.11 Å². The molecular formula is C18H34N2O. The molecule has 1 aliphatic heterocycles. The minimum Gasteiger partial charge on any atom is -0.396 e. The van der Waals surface area contributed by atoms with E-state index in [1.54, 1.807) is 0 Å². The van der Waals surface area contributed by atoms with E-state index >= 15 is 0 Å². The Morgan fingerprint density at radius 3 is 2.57 bits per heavy atom. The highest BCUT2D eigenvalue weighted by atomic mass is 16.3. The van der Waals surface area contributed by atoms with Crippen LogP contribution in [0.25, 0.3) is 0 Å². The summed E-state index contributed by atoms with van der Waals surface area (Å²) in [5, 5.41) is 9.36. The molecule has 122 valence electrons. The maximum Gasteiger partial charge on any atom is 0.0446 e. The Hall–Kier alpha value is -0.380. The summed E-state index contributed by atoms with van der Waals surface area (Å²) in [5.74, 6) is 0.929. The van der Waals surface area contributed by atoms with Gasteiger partial charge in [0.15, 0.2) is 0 Å². The van der Waals surface area contributed by atoms with Crippen LogP contribution < -0.4 is 0 Å². The van der Waals surface area contributed by atoms with Gasteiger partial charge in [0.05, 0.1) is 0 Å². The van der Waals surface area contributed by atoms with E-state index in [1.807, 2.05) is 0 Å². The first-order chi connectivity index (χ1) is 10.2. The molecule has 3 nitrogen and oxygen atoms in total. The maximum absolute atomic E-state index is 9.36. The van der Waals surface area contributed by atoms with Crippen molar-refractivity contribution in [3.63, 3.8) is 0 Å². The number of aliphatic hydroxyl groups is 1. The Bertz CT molecular complexity index is 319. The molecule has 2 rings (SSSR count). The quantitative estimate of drug-likeness (QED) is 0.763. The molecule has 2 aliphatic rings. The average Bonchev–Trinajstić information content (AvgIpc) is 2.48. The zero-order valence-electron chi connectivity index (χ0n) is 14.1. The summed E-state index contributed by atoms with van der Waals surface area (Å²) < 4.78 is 0. The first kappa shape index (κ1) is 17.0. The van der Waals surface area contributed by atoms with Crippen LogP contribution in [-0.4, -0.2) is 60.3 Å². The number of rotatable bonds is 6. The molecule has 3 heteroatoms. The topological polar surface area (TPSA) is 26.7 Å². The predicted molar refractivity (Wildman–Crippen MR) is 89.5 cm³/mol. The van der Waals surface area contributed by atoms with Gasteiger partial charge < -0.3 is 10.0 Å².